The number of halogens is 1. The zero-order chi connectivity index (χ0) is 11.3. The topological polar surface area (TPSA) is 47.0 Å². The SMILES string of the molecule is CC(=O)c1ccc(CCC(Br)C=O)cn1. The minimum absolute atomic E-state index is 0.0344. The monoisotopic (exact) mass is 269 g/mol. The van der Waals surface area contributed by atoms with Gasteiger partial charge in [0.25, 0.3) is 0 Å². The number of aryl methyl sites for hydroxylation is 1. The summed E-state index contributed by atoms with van der Waals surface area (Å²) in [6.45, 7) is 1.49. The Morgan fingerprint density at radius 2 is 2.33 bits per heavy atom. The Hall–Kier alpha value is -1.03. The third-order valence-corrected chi connectivity index (χ3v) is 2.72. The van der Waals surface area contributed by atoms with Crippen LogP contribution in [-0.4, -0.2) is 21.9 Å². The van der Waals surface area contributed by atoms with E-state index in [1.165, 1.54) is 6.92 Å². The van der Waals surface area contributed by atoms with Gasteiger partial charge >= 0.3 is 0 Å². The molecule has 3 nitrogen and oxygen atoms in total. The Labute approximate surface area is 97.0 Å². The number of ketones is 1. The van der Waals surface area contributed by atoms with Crippen molar-refractivity contribution in [3.05, 3.63) is 29.6 Å². The van der Waals surface area contributed by atoms with Crippen molar-refractivity contribution in [2.75, 3.05) is 0 Å². The van der Waals surface area contributed by atoms with Gasteiger partial charge in [0, 0.05) is 13.1 Å². The van der Waals surface area contributed by atoms with E-state index in [4.69, 9.17) is 0 Å². The van der Waals surface area contributed by atoms with Crippen LogP contribution in [0, 0.1) is 0 Å². The van der Waals surface area contributed by atoms with E-state index in [0.717, 1.165) is 24.7 Å². The lowest BCUT2D eigenvalue weighted by atomic mass is 10.1. The van der Waals surface area contributed by atoms with Gasteiger partial charge in [0.15, 0.2) is 5.78 Å². The normalized spacial score (nSPS) is 12.1. The van der Waals surface area contributed by atoms with E-state index in [2.05, 4.69) is 20.9 Å². The number of Topliss-reactive ketones (excluding diaryl/α,β-unsaturated/α-hetero) is 1. The van der Waals surface area contributed by atoms with Crippen LogP contribution in [0.25, 0.3) is 0 Å². The van der Waals surface area contributed by atoms with Gasteiger partial charge in [0.05, 0.1) is 4.83 Å². The summed E-state index contributed by atoms with van der Waals surface area (Å²) in [6, 6.07) is 3.58. The van der Waals surface area contributed by atoms with E-state index in [1.807, 2.05) is 6.07 Å². The molecule has 0 saturated heterocycles. The van der Waals surface area contributed by atoms with Crippen LogP contribution < -0.4 is 0 Å². The second-order valence-corrected chi connectivity index (χ2v) is 4.47. The van der Waals surface area contributed by atoms with Crippen molar-refractivity contribution >= 4 is 28.0 Å². The predicted octanol–water partition coefficient (Wildman–Crippen LogP) is 2.18. The zero-order valence-corrected chi connectivity index (χ0v) is 10.0. The van der Waals surface area contributed by atoms with Crippen LogP contribution in [-0.2, 0) is 11.2 Å². The maximum atomic E-state index is 11.0. The molecule has 1 atom stereocenters. The molecule has 0 N–H and O–H groups in total. The number of aldehydes is 1. The molecule has 0 amide bonds. The summed E-state index contributed by atoms with van der Waals surface area (Å²) in [5.74, 6) is -0.0344. The highest BCUT2D eigenvalue weighted by Gasteiger charge is 2.04. The summed E-state index contributed by atoms with van der Waals surface area (Å²) in [7, 11) is 0. The van der Waals surface area contributed by atoms with Crippen LogP contribution in [0.2, 0.25) is 0 Å². The molecule has 0 radical (unpaired) electrons. The Morgan fingerprint density at radius 1 is 1.60 bits per heavy atom. The van der Waals surface area contributed by atoms with Gasteiger partial charge < -0.3 is 4.79 Å². The fraction of sp³-hybridized carbons (Fsp3) is 0.364. The lowest BCUT2D eigenvalue weighted by molar-refractivity contribution is -0.107. The fourth-order valence-corrected chi connectivity index (χ4v) is 1.38. The van der Waals surface area contributed by atoms with Gasteiger partial charge in [0.1, 0.15) is 12.0 Å². The molecule has 1 heterocycles. The smallest absolute Gasteiger partial charge is 0.178 e. The van der Waals surface area contributed by atoms with Crippen LogP contribution in [0.3, 0.4) is 0 Å². The molecule has 1 aromatic rings. The minimum Gasteiger partial charge on any atom is -0.302 e. The van der Waals surface area contributed by atoms with Crippen molar-refractivity contribution in [3.63, 3.8) is 0 Å². The number of aromatic nitrogens is 1. The lowest BCUT2D eigenvalue weighted by Crippen LogP contribution is -2.02. The second-order valence-electron chi connectivity index (χ2n) is 3.30. The number of carbonyl (C=O) groups excluding carboxylic acids is 2. The molecule has 0 fully saturated rings. The van der Waals surface area contributed by atoms with Gasteiger partial charge in [-0.1, -0.05) is 22.0 Å². The second kappa shape index (κ2) is 5.75. The highest BCUT2D eigenvalue weighted by molar-refractivity contribution is 9.09. The van der Waals surface area contributed by atoms with Crippen LogP contribution in [0.4, 0.5) is 0 Å². The minimum atomic E-state index is -0.106. The maximum absolute atomic E-state index is 11.0. The summed E-state index contributed by atoms with van der Waals surface area (Å²) in [5, 5.41) is 0. The van der Waals surface area contributed by atoms with E-state index in [9.17, 15) is 9.59 Å². The van der Waals surface area contributed by atoms with Crippen molar-refractivity contribution in [2.24, 2.45) is 0 Å². The molecule has 1 unspecified atom stereocenters. The lowest BCUT2D eigenvalue weighted by Gasteiger charge is -2.02. The molecule has 80 valence electrons. The molecule has 15 heavy (non-hydrogen) atoms. The average molecular weight is 270 g/mol. The summed E-state index contributed by atoms with van der Waals surface area (Å²) in [6.07, 6.45) is 4.07. The van der Waals surface area contributed by atoms with E-state index >= 15 is 0 Å². The zero-order valence-electron chi connectivity index (χ0n) is 8.44. The Balaban J connectivity index is 2.57. The summed E-state index contributed by atoms with van der Waals surface area (Å²) in [5.41, 5.74) is 1.51. The van der Waals surface area contributed by atoms with Crippen LogP contribution in [0.1, 0.15) is 29.4 Å². The summed E-state index contributed by atoms with van der Waals surface area (Å²) >= 11 is 3.23. The first kappa shape index (κ1) is 12.0. The number of hydrogen-bond acceptors (Lipinski definition) is 3. The van der Waals surface area contributed by atoms with Crippen molar-refractivity contribution in [1.29, 1.82) is 0 Å². The Morgan fingerprint density at radius 3 is 2.80 bits per heavy atom. The van der Waals surface area contributed by atoms with Crippen molar-refractivity contribution < 1.29 is 9.59 Å². The first-order valence-corrected chi connectivity index (χ1v) is 5.60. The largest absolute Gasteiger partial charge is 0.302 e. The third kappa shape index (κ3) is 3.91. The number of rotatable bonds is 5. The number of carbonyl (C=O) groups is 2. The van der Waals surface area contributed by atoms with E-state index < -0.39 is 0 Å². The van der Waals surface area contributed by atoms with Crippen LogP contribution in [0.5, 0.6) is 0 Å². The van der Waals surface area contributed by atoms with Crippen molar-refractivity contribution in [2.45, 2.75) is 24.6 Å². The van der Waals surface area contributed by atoms with Gasteiger partial charge in [-0.15, -0.1) is 0 Å². The third-order valence-electron chi connectivity index (χ3n) is 2.04. The molecular weight excluding hydrogens is 258 g/mol. The van der Waals surface area contributed by atoms with Crippen LogP contribution in [0.15, 0.2) is 18.3 Å². The number of nitrogens with zero attached hydrogens (tertiary/aromatic N) is 1. The van der Waals surface area contributed by atoms with E-state index in [0.29, 0.717) is 5.69 Å². The summed E-state index contributed by atoms with van der Waals surface area (Å²) in [4.78, 5) is 25.2. The highest BCUT2D eigenvalue weighted by atomic mass is 79.9. The van der Waals surface area contributed by atoms with Crippen molar-refractivity contribution in [1.82, 2.24) is 4.98 Å². The van der Waals surface area contributed by atoms with Gasteiger partial charge in [-0.05, 0) is 24.5 Å². The molecule has 0 aliphatic heterocycles. The molecule has 0 bridgehead atoms. The molecular formula is C11H12BrNO2. The average Bonchev–Trinajstić information content (AvgIpc) is 2.26. The van der Waals surface area contributed by atoms with Gasteiger partial charge in [0.2, 0.25) is 0 Å². The molecule has 0 aliphatic carbocycles. The van der Waals surface area contributed by atoms with Gasteiger partial charge in [-0.3, -0.25) is 9.78 Å². The molecule has 0 saturated carbocycles. The Kier molecular flexibility index (Phi) is 4.62. The first-order valence-electron chi connectivity index (χ1n) is 4.68. The first-order chi connectivity index (χ1) is 7.13. The summed E-state index contributed by atoms with van der Waals surface area (Å²) < 4.78 is 0. The maximum Gasteiger partial charge on any atom is 0.178 e. The molecule has 0 aromatic carbocycles. The standard InChI is InChI=1S/C11H12BrNO2/c1-8(15)11-5-3-9(6-13-11)2-4-10(12)7-14/h3,5-7,10H,2,4H2,1H3. The van der Waals surface area contributed by atoms with Gasteiger partial charge in [-0.2, -0.15) is 0 Å². The quantitative estimate of drug-likeness (QED) is 0.468. The molecule has 4 heteroatoms. The van der Waals surface area contributed by atoms with E-state index in [1.54, 1.807) is 12.3 Å². The predicted molar refractivity (Wildman–Crippen MR) is 61.3 cm³/mol. The van der Waals surface area contributed by atoms with Crippen molar-refractivity contribution in [3.8, 4) is 0 Å². The Bertz CT molecular complexity index is 348. The van der Waals surface area contributed by atoms with Crippen LogP contribution >= 0.6 is 15.9 Å². The number of hydrogen-bond donors (Lipinski definition) is 0. The van der Waals surface area contributed by atoms with Gasteiger partial charge in [-0.25, -0.2) is 0 Å². The fourth-order valence-electron chi connectivity index (χ4n) is 1.15. The molecule has 0 spiro atoms. The highest BCUT2D eigenvalue weighted by Crippen LogP contribution is 2.09. The number of alkyl halides is 1. The molecule has 0 aliphatic rings. The molecule has 1 rings (SSSR count). The molecule has 1 aromatic heterocycles. The number of pyridine rings is 1. The van der Waals surface area contributed by atoms with E-state index in [-0.39, 0.29) is 10.6 Å².